The molecule has 3 aromatic rings. The molecular formula is C23H16N2O4S. The molecule has 2 N–H and O–H groups in total. The van der Waals surface area contributed by atoms with E-state index in [0.717, 1.165) is 0 Å². The van der Waals surface area contributed by atoms with Gasteiger partial charge in [-0.1, -0.05) is 42.5 Å². The summed E-state index contributed by atoms with van der Waals surface area (Å²) >= 11 is 5.53. The van der Waals surface area contributed by atoms with Crippen LogP contribution >= 0.6 is 12.2 Å². The maximum absolute atomic E-state index is 13.3. The van der Waals surface area contributed by atoms with Gasteiger partial charge in [0.15, 0.2) is 16.6 Å². The number of rotatable bonds is 3. The number of amides is 2. The number of para-hydroxylation sites is 2. The minimum atomic E-state index is -0.573. The molecular weight excluding hydrogens is 400 g/mol. The highest BCUT2D eigenvalue weighted by molar-refractivity contribution is 7.81. The second kappa shape index (κ2) is 7.81. The van der Waals surface area contributed by atoms with E-state index in [1.165, 1.54) is 34.1 Å². The number of hydrogen-bond acceptors (Lipinski definition) is 5. The lowest BCUT2D eigenvalue weighted by molar-refractivity contribution is -0.120. The molecule has 3 aromatic carbocycles. The molecule has 0 spiro atoms. The van der Waals surface area contributed by atoms with Crippen LogP contribution in [0.5, 0.6) is 11.5 Å². The number of carbonyl (C=O) groups excluding carboxylic acids is 2. The molecule has 1 saturated heterocycles. The van der Waals surface area contributed by atoms with Crippen LogP contribution in [0.1, 0.15) is 5.56 Å². The Kier molecular flexibility index (Phi) is 5.04. The number of carbonyl (C=O) groups is 2. The van der Waals surface area contributed by atoms with Crippen molar-refractivity contribution in [3.8, 4) is 11.5 Å². The van der Waals surface area contributed by atoms with Crippen molar-refractivity contribution in [1.82, 2.24) is 0 Å². The first-order valence-electron chi connectivity index (χ1n) is 9.04. The molecule has 0 saturated carbocycles. The molecule has 6 nitrogen and oxygen atoms in total. The molecule has 2 amide bonds. The van der Waals surface area contributed by atoms with Gasteiger partial charge in [-0.15, -0.1) is 0 Å². The third-order valence-electron chi connectivity index (χ3n) is 4.59. The van der Waals surface area contributed by atoms with E-state index in [9.17, 15) is 19.8 Å². The van der Waals surface area contributed by atoms with Gasteiger partial charge >= 0.3 is 0 Å². The Hall–Kier alpha value is -3.97. The smallest absolute Gasteiger partial charge is 0.270 e. The van der Waals surface area contributed by atoms with E-state index in [2.05, 4.69) is 0 Å². The van der Waals surface area contributed by atoms with Crippen LogP contribution in [0.4, 0.5) is 11.4 Å². The fourth-order valence-corrected chi connectivity index (χ4v) is 3.51. The third kappa shape index (κ3) is 3.42. The van der Waals surface area contributed by atoms with Gasteiger partial charge in [-0.25, -0.2) is 0 Å². The number of thiocarbonyl (C=S) groups is 1. The molecule has 0 unspecified atom stereocenters. The maximum atomic E-state index is 13.3. The highest BCUT2D eigenvalue weighted by atomic mass is 32.1. The van der Waals surface area contributed by atoms with Crippen molar-refractivity contribution in [2.24, 2.45) is 0 Å². The maximum Gasteiger partial charge on any atom is 0.270 e. The van der Waals surface area contributed by atoms with Crippen molar-refractivity contribution in [3.05, 3.63) is 90.0 Å². The molecule has 0 aromatic heterocycles. The minimum absolute atomic E-state index is 0.0492. The second-order valence-electron chi connectivity index (χ2n) is 6.54. The fraction of sp³-hybridized carbons (Fsp3) is 0. The fourth-order valence-electron chi connectivity index (χ4n) is 3.14. The summed E-state index contributed by atoms with van der Waals surface area (Å²) in [5.41, 5.74) is 1.32. The summed E-state index contributed by atoms with van der Waals surface area (Å²) in [5, 5.41) is 19.4. The van der Waals surface area contributed by atoms with Crippen LogP contribution in [0.25, 0.3) is 6.08 Å². The summed E-state index contributed by atoms with van der Waals surface area (Å²) in [6.45, 7) is 0. The molecule has 0 atom stereocenters. The van der Waals surface area contributed by atoms with Crippen LogP contribution < -0.4 is 9.80 Å². The average molecular weight is 416 g/mol. The summed E-state index contributed by atoms with van der Waals surface area (Å²) in [6, 6.07) is 21.7. The van der Waals surface area contributed by atoms with Gasteiger partial charge < -0.3 is 10.2 Å². The Morgan fingerprint density at radius 1 is 0.700 bits per heavy atom. The highest BCUT2D eigenvalue weighted by Gasteiger charge is 2.41. The molecule has 0 bridgehead atoms. The van der Waals surface area contributed by atoms with E-state index in [1.807, 2.05) is 12.1 Å². The lowest BCUT2D eigenvalue weighted by Crippen LogP contribution is -2.56. The van der Waals surface area contributed by atoms with Crippen molar-refractivity contribution in [2.75, 3.05) is 9.80 Å². The van der Waals surface area contributed by atoms with Gasteiger partial charge in [-0.3, -0.25) is 19.4 Å². The normalized spacial score (nSPS) is 14.3. The summed E-state index contributed by atoms with van der Waals surface area (Å²) in [7, 11) is 0. The molecule has 30 heavy (non-hydrogen) atoms. The summed E-state index contributed by atoms with van der Waals surface area (Å²) in [4.78, 5) is 29.2. The number of anilines is 2. The molecule has 1 aliphatic rings. The van der Waals surface area contributed by atoms with Gasteiger partial charge in [-0.2, -0.15) is 0 Å². The van der Waals surface area contributed by atoms with Crippen LogP contribution in [0, 0.1) is 0 Å². The van der Waals surface area contributed by atoms with E-state index in [-0.39, 0.29) is 22.2 Å². The van der Waals surface area contributed by atoms with Gasteiger partial charge in [0.05, 0.1) is 11.4 Å². The zero-order valence-corrected chi connectivity index (χ0v) is 16.4. The van der Waals surface area contributed by atoms with Gasteiger partial charge in [0.25, 0.3) is 11.8 Å². The van der Waals surface area contributed by atoms with Gasteiger partial charge in [0, 0.05) is 0 Å². The Labute approximate surface area is 177 Å². The Morgan fingerprint density at radius 2 is 1.20 bits per heavy atom. The molecule has 1 heterocycles. The number of phenols is 2. The largest absolute Gasteiger partial charge is 0.504 e. The van der Waals surface area contributed by atoms with Gasteiger partial charge in [0.2, 0.25) is 0 Å². The van der Waals surface area contributed by atoms with Gasteiger partial charge in [-0.05, 0) is 60.3 Å². The molecule has 148 valence electrons. The van der Waals surface area contributed by atoms with Crippen molar-refractivity contribution in [3.63, 3.8) is 0 Å². The van der Waals surface area contributed by atoms with Crippen molar-refractivity contribution < 1.29 is 19.8 Å². The van der Waals surface area contributed by atoms with Crippen LogP contribution in [-0.4, -0.2) is 27.1 Å². The Balaban J connectivity index is 1.87. The minimum Gasteiger partial charge on any atom is -0.504 e. The molecule has 1 aliphatic heterocycles. The van der Waals surface area contributed by atoms with Crippen molar-refractivity contribution in [1.29, 1.82) is 0 Å². The molecule has 0 aliphatic carbocycles. The third-order valence-corrected chi connectivity index (χ3v) is 4.95. The predicted molar refractivity (Wildman–Crippen MR) is 118 cm³/mol. The monoisotopic (exact) mass is 416 g/mol. The Bertz CT molecular complexity index is 1110. The number of nitrogens with zero attached hydrogens (tertiary/aromatic N) is 2. The molecule has 4 rings (SSSR count). The quantitative estimate of drug-likeness (QED) is 0.293. The standard InChI is InChI=1S/C23H16N2O4S/c26-19-12-11-15(14-20(19)27)13-18-21(28)24(16-7-3-1-4-8-16)23(30)25(22(18)29)17-9-5-2-6-10-17/h1-14,26-27H. The molecule has 0 radical (unpaired) electrons. The van der Waals surface area contributed by atoms with Crippen LogP contribution in [-0.2, 0) is 9.59 Å². The number of hydrogen-bond donors (Lipinski definition) is 2. The predicted octanol–water partition coefficient (Wildman–Crippen LogP) is 3.85. The van der Waals surface area contributed by atoms with E-state index >= 15 is 0 Å². The zero-order chi connectivity index (χ0) is 21.3. The van der Waals surface area contributed by atoms with Crippen LogP contribution in [0.15, 0.2) is 84.4 Å². The summed E-state index contributed by atoms with van der Waals surface area (Å²) in [5.74, 6) is -1.79. The first kappa shape index (κ1) is 19.4. The number of aromatic hydroxyl groups is 2. The van der Waals surface area contributed by atoms with Crippen molar-refractivity contribution >= 4 is 46.6 Å². The first-order chi connectivity index (χ1) is 14.5. The lowest BCUT2D eigenvalue weighted by atomic mass is 10.0. The van der Waals surface area contributed by atoms with Gasteiger partial charge in [0.1, 0.15) is 5.57 Å². The zero-order valence-electron chi connectivity index (χ0n) is 15.6. The first-order valence-corrected chi connectivity index (χ1v) is 9.45. The highest BCUT2D eigenvalue weighted by Crippen LogP contribution is 2.31. The van der Waals surface area contributed by atoms with Crippen LogP contribution in [0.2, 0.25) is 0 Å². The molecule has 7 heteroatoms. The second-order valence-corrected chi connectivity index (χ2v) is 6.91. The summed E-state index contributed by atoms with van der Waals surface area (Å²) in [6.07, 6.45) is 1.37. The Morgan fingerprint density at radius 3 is 1.67 bits per heavy atom. The average Bonchev–Trinajstić information content (AvgIpc) is 2.75. The topological polar surface area (TPSA) is 81.1 Å². The van der Waals surface area contributed by atoms with E-state index < -0.39 is 11.8 Å². The number of benzene rings is 3. The lowest BCUT2D eigenvalue weighted by Gasteiger charge is -2.36. The molecule has 1 fully saturated rings. The van der Waals surface area contributed by atoms with Crippen molar-refractivity contribution in [2.45, 2.75) is 0 Å². The summed E-state index contributed by atoms with van der Waals surface area (Å²) < 4.78 is 0. The van der Waals surface area contributed by atoms with E-state index in [1.54, 1.807) is 48.5 Å². The SMILES string of the molecule is O=C1C(=Cc2ccc(O)c(O)c2)C(=O)N(c2ccccc2)C(=S)N1c1ccccc1. The van der Waals surface area contributed by atoms with E-state index in [4.69, 9.17) is 12.2 Å². The number of phenolic OH excluding ortho intramolecular Hbond substituents is 2. The van der Waals surface area contributed by atoms with Crippen LogP contribution in [0.3, 0.4) is 0 Å². The van der Waals surface area contributed by atoms with E-state index in [0.29, 0.717) is 16.9 Å².